The summed E-state index contributed by atoms with van der Waals surface area (Å²) in [6.07, 6.45) is 6.65. The van der Waals surface area contributed by atoms with Gasteiger partial charge >= 0.3 is 0 Å². The Labute approximate surface area is 168 Å². The summed E-state index contributed by atoms with van der Waals surface area (Å²) in [5.41, 5.74) is 7.19. The van der Waals surface area contributed by atoms with Gasteiger partial charge in [0.1, 0.15) is 10.6 Å². The van der Waals surface area contributed by atoms with Crippen molar-refractivity contribution >= 4 is 29.0 Å². The van der Waals surface area contributed by atoms with Crippen molar-refractivity contribution < 1.29 is 14.3 Å². The third-order valence-corrected chi connectivity index (χ3v) is 5.79. The van der Waals surface area contributed by atoms with Crippen LogP contribution in [0.15, 0.2) is 24.3 Å². The molecule has 0 saturated heterocycles. The molecule has 1 fully saturated rings. The van der Waals surface area contributed by atoms with Crippen molar-refractivity contribution in [2.75, 3.05) is 12.8 Å². The highest BCUT2D eigenvalue weighted by Gasteiger charge is 2.24. The number of nitrogens with one attached hydrogen (secondary N) is 2. The second kappa shape index (κ2) is 9.54. The predicted molar refractivity (Wildman–Crippen MR) is 110 cm³/mol. The monoisotopic (exact) mass is 402 g/mol. The van der Waals surface area contributed by atoms with Gasteiger partial charge in [0.15, 0.2) is 5.69 Å². The summed E-state index contributed by atoms with van der Waals surface area (Å²) in [5.74, 6) is 0.0798. The normalized spacial score (nSPS) is 14.9. The van der Waals surface area contributed by atoms with Gasteiger partial charge in [-0.3, -0.25) is 9.59 Å². The van der Waals surface area contributed by atoms with Crippen LogP contribution in [0, 0.1) is 0 Å². The molecule has 0 bridgehead atoms. The largest absolute Gasteiger partial charge is 0.497 e. The van der Waals surface area contributed by atoms with Crippen molar-refractivity contribution in [2.45, 2.75) is 51.1 Å². The maximum Gasteiger partial charge on any atom is 0.273 e. The first-order chi connectivity index (χ1) is 13.6. The van der Waals surface area contributed by atoms with Crippen LogP contribution in [0.5, 0.6) is 5.75 Å². The van der Waals surface area contributed by atoms with Crippen molar-refractivity contribution in [3.63, 3.8) is 0 Å². The number of benzene rings is 1. The standard InChI is InChI=1S/C20H26N4O3S/c1-27-15-10-6-7-13(11-15)12-22-19(25)17-16(21)18(28-24-17)20(26)23-14-8-4-2-3-5-9-14/h6-7,10-11,14H,2-5,8-9,12,21H2,1H3,(H,22,25)(H,23,26). The van der Waals surface area contributed by atoms with Gasteiger partial charge in [0.05, 0.1) is 12.8 Å². The predicted octanol–water partition coefficient (Wildman–Crippen LogP) is 3.12. The summed E-state index contributed by atoms with van der Waals surface area (Å²) in [7, 11) is 1.59. The Bertz CT molecular complexity index is 829. The molecule has 1 aliphatic rings. The summed E-state index contributed by atoms with van der Waals surface area (Å²) < 4.78 is 9.29. The summed E-state index contributed by atoms with van der Waals surface area (Å²) in [6, 6.07) is 7.59. The zero-order valence-electron chi connectivity index (χ0n) is 16.0. The fraction of sp³-hybridized carbons (Fsp3) is 0.450. The Morgan fingerprint density at radius 3 is 2.68 bits per heavy atom. The lowest BCUT2D eigenvalue weighted by Crippen LogP contribution is -2.34. The summed E-state index contributed by atoms with van der Waals surface area (Å²) in [4.78, 5) is 25.3. The first-order valence-corrected chi connectivity index (χ1v) is 10.3. The number of ether oxygens (including phenoxy) is 1. The quantitative estimate of drug-likeness (QED) is 0.644. The maximum absolute atomic E-state index is 12.6. The van der Waals surface area contributed by atoms with Crippen LogP contribution < -0.4 is 21.1 Å². The van der Waals surface area contributed by atoms with Gasteiger partial charge in [-0.05, 0) is 42.1 Å². The molecule has 150 valence electrons. The van der Waals surface area contributed by atoms with Crippen LogP contribution in [0.3, 0.4) is 0 Å². The van der Waals surface area contributed by atoms with Crippen molar-refractivity contribution in [1.29, 1.82) is 0 Å². The van der Waals surface area contributed by atoms with E-state index in [4.69, 9.17) is 10.5 Å². The average molecular weight is 403 g/mol. The van der Waals surface area contributed by atoms with Crippen LogP contribution in [-0.2, 0) is 6.54 Å². The molecule has 1 aromatic heterocycles. The Hall–Kier alpha value is -2.61. The first kappa shape index (κ1) is 20.1. The zero-order valence-corrected chi connectivity index (χ0v) is 16.8. The second-order valence-electron chi connectivity index (χ2n) is 6.97. The molecule has 0 aliphatic heterocycles. The minimum atomic E-state index is -0.398. The van der Waals surface area contributed by atoms with Gasteiger partial charge in [0.25, 0.3) is 11.8 Å². The fourth-order valence-electron chi connectivity index (χ4n) is 3.35. The number of carbonyl (C=O) groups excluding carboxylic acids is 2. The molecule has 1 heterocycles. The molecular formula is C20H26N4O3S. The van der Waals surface area contributed by atoms with E-state index in [-0.39, 0.29) is 23.3 Å². The number of hydrogen-bond acceptors (Lipinski definition) is 6. The number of nitrogen functional groups attached to an aromatic ring is 1. The summed E-state index contributed by atoms with van der Waals surface area (Å²) in [5, 5.41) is 5.83. The van der Waals surface area contributed by atoms with Gasteiger partial charge in [0.2, 0.25) is 0 Å². The van der Waals surface area contributed by atoms with E-state index in [2.05, 4.69) is 15.0 Å². The van der Waals surface area contributed by atoms with Crippen molar-refractivity contribution in [1.82, 2.24) is 15.0 Å². The highest BCUT2D eigenvalue weighted by molar-refractivity contribution is 7.09. The lowest BCUT2D eigenvalue weighted by atomic mass is 10.1. The Balaban J connectivity index is 1.61. The Kier molecular flexibility index (Phi) is 6.86. The van der Waals surface area contributed by atoms with E-state index >= 15 is 0 Å². The molecule has 1 aliphatic carbocycles. The van der Waals surface area contributed by atoms with Crippen molar-refractivity contribution in [2.24, 2.45) is 0 Å². The topological polar surface area (TPSA) is 106 Å². The van der Waals surface area contributed by atoms with Crippen LogP contribution in [0.25, 0.3) is 0 Å². The molecule has 0 unspecified atom stereocenters. The van der Waals surface area contributed by atoms with Gasteiger partial charge in [-0.2, -0.15) is 4.37 Å². The number of rotatable bonds is 6. The molecule has 7 nitrogen and oxygen atoms in total. The van der Waals surface area contributed by atoms with Gasteiger partial charge in [0, 0.05) is 12.6 Å². The molecule has 0 atom stereocenters. The van der Waals surface area contributed by atoms with Crippen LogP contribution in [0.4, 0.5) is 5.69 Å². The van der Waals surface area contributed by atoms with E-state index < -0.39 is 5.91 Å². The highest BCUT2D eigenvalue weighted by atomic mass is 32.1. The number of anilines is 1. The molecule has 0 spiro atoms. The van der Waals surface area contributed by atoms with Gasteiger partial charge in [-0.15, -0.1) is 0 Å². The fourth-order valence-corrected chi connectivity index (χ4v) is 4.05. The Morgan fingerprint density at radius 2 is 1.96 bits per heavy atom. The minimum Gasteiger partial charge on any atom is -0.497 e. The third kappa shape index (κ3) is 5.01. The molecule has 4 N–H and O–H groups in total. The van der Waals surface area contributed by atoms with Gasteiger partial charge in [-0.25, -0.2) is 0 Å². The lowest BCUT2D eigenvalue weighted by Gasteiger charge is -2.15. The van der Waals surface area contributed by atoms with Gasteiger partial charge in [-0.1, -0.05) is 37.8 Å². The number of methoxy groups -OCH3 is 1. The first-order valence-electron chi connectivity index (χ1n) is 9.55. The average Bonchev–Trinajstić information content (AvgIpc) is 2.91. The second-order valence-corrected chi connectivity index (χ2v) is 7.74. The summed E-state index contributed by atoms with van der Waals surface area (Å²) >= 11 is 0.966. The van der Waals surface area contributed by atoms with E-state index in [1.165, 1.54) is 12.8 Å². The number of amides is 2. The van der Waals surface area contributed by atoms with Gasteiger partial charge < -0.3 is 21.1 Å². The van der Waals surface area contributed by atoms with Crippen LogP contribution >= 0.6 is 11.5 Å². The number of nitrogens with two attached hydrogens (primary N) is 1. The minimum absolute atomic E-state index is 0.0962. The van der Waals surface area contributed by atoms with Crippen LogP contribution in [-0.4, -0.2) is 29.3 Å². The molecule has 28 heavy (non-hydrogen) atoms. The number of nitrogens with zero attached hydrogens (tertiary/aromatic N) is 1. The molecule has 8 heteroatoms. The van der Waals surface area contributed by atoms with E-state index in [9.17, 15) is 9.59 Å². The van der Waals surface area contributed by atoms with E-state index in [1.807, 2.05) is 24.3 Å². The van der Waals surface area contributed by atoms with Crippen LogP contribution in [0.2, 0.25) is 0 Å². The van der Waals surface area contributed by atoms with Crippen molar-refractivity contribution in [3.8, 4) is 5.75 Å². The molecule has 3 rings (SSSR count). The number of carbonyl (C=O) groups is 2. The third-order valence-electron chi connectivity index (χ3n) is 4.93. The molecular weight excluding hydrogens is 376 g/mol. The molecule has 0 radical (unpaired) electrons. The summed E-state index contributed by atoms with van der Waals surface area (Å²) in [6.45, 7) is 0.316. The van der Waals surface area contributed by atoms with E-state index in [0.717, 1.165) is 48.5 Å². The lowest BCUT2D eigenvalue weighted by molar-refractivity contribution is 0.0937. The molecule has 2 amide bonds. The van der Waals surface area contributed by atoms with E-state index in [1.54, 1.807) is 7.11 Å². The van der Waals surface area contributed by atoms with Crippen LogP contribution in [0.1, 0.15) is 64.2 Å². The molecule has 2 aromatic rings. The number of hydrogen-bond donors (Lipinski definition) is 3. The van der Waals surface area contributed by atoms with Crippen molar-refractivity contribution in [3.05, 3.63) is 40.4 Å². The number of aromatic nitrogens is 1. The Morgan fingerprint density at radius 1 is 1.21 bits per heavy atom. The maximum atomic E-state index is 12.6. The highest BCUT2D eigenvalue weighted by Crippen LogP contribution is 2.23. The smallest absolute Gasteiger partial charge is 0.273 e. The SMILES string of the molecule is COc1cccc(CNC(=O)c2nsc(C(=O)NC3CCCCCC3)c2N)c1. The zero-order chi connectivity index (χ0) is 19.9. The molecule has 1 saturated carbocycles. The molecule has 1 aromatic carbocycles. The van der Waals surface area contributed by atoms with E-state index in [0.29, 0.717) is 11.4 Å².